The van der Waals surface area contributed by atoms with Crippen LogP contribution in [0.4, 0.5) is 5.69 Å². The van der Waals surface area contributed by atoms with Gasteiger partial charge in [-0.2, -0.15) is 0 Å². The first-order valence-corrected chi connectivity index (χ1v) is 4.93. The highest BCUT2D eigenvalue weighted by Gasteiger charge is 2.12. The van der Waals surface area contributed by atoms with Crippen LogP contribution in [-0.4, -0.2) is 13.1 Å². The summed E-state index contributed by atoms with van der Waals surface area (Å²) in [6.45, 7) is 2.03. The molecule has 0 atom stereocenters. The Morgan fingerprint density at radius 1 is 1.21 bits per heavy atom. The first kappa shape index (κ1) is 11.6. The summed E-state index contributed by atoms with van der Waals surface area (Å²) in [4.78, 5) is 0. The summed E-state index contributed by atoms with van der Waals surface area (Å²) in [7, 11) is 0. The molecule has 0 saturated carbocycles. The Kier molecular flexibility index (Phi) is 4.05. The lowest BCUT2D eigenvalue weighted by molar-refractivity contribution is 0.711. The van der Waals surface area contributed by atoms with Crippen LogP contribution in [0.1, 0.15) is 11.1 Å². The first-order chi connectivity index (χ1) is 6.29. The van der Waals surface area contributed by atoms with Crippen LogP contribution in [0.15, 0.2) is 12.1 Å². The van der Waals surface area contributed by atoms with Crippen LogP contribution >= 0.6 is 24.0 Å². The second kappa shape index (κ2) is 4.87. The highest BCUT2D eigenvalue weighted by Crippen LogP contribution is 2.28. The largest absolute Gasteiger partial charge is 0.398 e. The highest BCUT2D eigenvalue weighted by atomic mass is 35.5. The van der Waals surface area contributed by atoms with Crippen LogP contribution in [0, 0.1) is 0 Å². The van der Waals surface area contributed by atoms with Gasteiger partial charge in [-0.15, -0.1) is 12.4 Å². The molecule has 1 aromatic rings. The van der Waals surface area contributed by atoms with Gasteiger partial charge in [0.2, 0.25) is 0 Å². The summed E-state index contributed by atoms with van der Waals surface area (Å²) in [5.41, 5.74) is 9.00. The van der Waals surface area contributed by atoms with Crippen molar-refractivity contribution in [3.63, 3.8) is 0 Å². The van der Waals surface area contributed by atoms with Gasteiger partial charge in [0.1, 0.15) is 0 Å². The van der Waals surface area contributed by atoms with Crippen LogP contribution in [-0.2, 0) is 12.8 Å². The van der Waals surface area contributed by atoms with Gasteiger partial charge >= 0.3 is 0 Å². The summed E-state index contributed by atoms with van der Waals surface area (Å²) in [5, 5.41) is 4.09. The molecule has 2 nitrogen and oxygen atoms in total. The van der Waals surface area contributed by atoms with Gasteiger partial charge in [-0.1, -0.05) is 17.7 Å². The van der Waals surface area contributed by atoms with E-state index in [1.165, 1.54) is 11.1 Å². The van der Waals surface area contributed by atoms with Gasteiger partial charge in [0.15, 0.2) is 0 Å². The zero-order valence-corrected chi connectivity index (χ0v) is 9.42. The highest BCUT2D eigenvalue weighted by molar-refractivity contribution is 6.34. The molecule has 0 fully saturated rings. The molecule has 0 spiro atoms. The molecule has 1 aliphatic heterocycles. The molecule has 78 valence electrons. The summed E-state index contributed by atoms with van der Waals surface area (Å²) >= 11 is 6.13. The Morgan fingerprint density at radius 2 is 1.93 bits per heavy atom. The monoisotopic (exact) mass is 232 g/mol. The molecule has 0 aliphatic carbocycles. The normalized spacial score (nSPS) is 15.2. The fraction of sp³-hybridized carbons (Fsp3) is 0.400. The minimum Gasteiger partial charge on any atom is -0.398 e. The van der Waals surface area contributed by atoms with Crippen molar-refractivity contribution in [3.05, 3.63) is 28.3 Å². The maximum absolute atomic E-state index is 6.13. The molecule has 0 unspecified atom stereocenters. The molecule has 1 aliphatic rings. The van der Waals surface area contributed by atoms with Crippen molar-refractivity contribution in [1.29, 1.82) is 0 Å². The van der Waals surface area contributed by atoms with Crippen LogP contribution in [0.3, 0.4) is 0 Å². The maximum atomic E-state index is 6.13. The Bertz CT molecular complexity index is 326. The molecule has 0 bridgehead atoms. The molecule has 1 aromatic carbocycles. The Hall–Kier alpha value is -0.440. The van der Waals surface area contributed by atoms with Crippen molar-refractivity contribution in [2.45, 2.75) is 12.8 Å². The van der Waals surface area contributed by atoms with Gasteiger partial charge in [0.05, 0.1) is 10.7 Å². The van der Waals surface area contributed by atoms with Crippen LogP contribution in [0.5, 0.6) is 0 Å². The number of nitrogen functional groups attached to an aromatic ring is 1. The molecule has 3 N–H and O–H groups in total. The fourth-order valence-corrected chi connectivity index (χ4v) is 2.02. The lowest BCUT2D eigenvalue weighted by Gasteiger charge is -2.08. The maximum Gasteiger partial charge on any atom is 0.0670 e. The molecule has 2 rings (SSSR count). The minimum absolute atomic E-state index is 0. The number of benzene rings is 1. The first-order valence-electron chi connectivity index (χ1n) is 4.55. The third-order valence-electron chi connectivity index (χ3n) is 2.49. The van der Waals surface area contributed by atoms with Crippen LogP contribution < -0.4 is 11.1 Å². The van der Waals surface area contributed by atoms with E-state index in [4.69, 9.17) is 17.3 Å². The summed E-state index contributed by atoms with van der Waals surface area (Å²) < 4.78 is 0. The molecule has 4 heteroatoms. The molecular weight excluding hydrogens is 219 g/mol. The smallest absolute Gasteiger partial charge is 0.0670 e. The van der Waals surface area contributed by atoms with Gasteiger partial charge in [0, 0.05) is 0 Å². The van der Waals surface area contributed by atoms with E-state index in [1.54, 1.807) is 0 Å². The number of anilines is 1. The molecule has 0 radical (unpaired) electrons. The quantitative estimate of drug-likeness (QED) is 0.673. The summed E-state index contributed by atoms with van der Waals surface area (Å²) in [5.74, 6) is 0. The van der Waals surface area contributed by atoms with Crippen molar-refractivity contribution in [3.8, 4) is 0 Å². The second-order valence-corrected chi connectivity index (χ2v) is 3.73. The van der Waals surface area contributed by atoms with Gasteiger partial charge in [-0.25, -0.2) is 0 Å². The summed E-state index contributed by atoms with van der Waals surface area (Å²) in [6.07, 6.45) is 2.04. The molecule has 0 amide bonds. The SMILES string of the molecule is Cl.Nc1ccc2c(c1Cl)CCNCC2. The van der Waals surface area contributed by atoms with E-state index in [0.29, 0.717) is 5.69 Å². The lowest BCUT2D eigenvalue weighted by atomic mass is 10.0. The molecule has 1 heterocycles. The number of nitrogens with two attached hydrogens (primary N) is 1. The molecule has 0 saturated heterocycles. The van der Waals surface area contributed by atoms with E-state index >= 15 is 0 Å². The van der Waals surface area contributed by atoms with Crippen LogP contribution in [0.25, 0.3) is 0 Å². The number of hydrogen-bond donors (Lipinski definition) is 2. The zero-order valence-electron chi connectivity index (χ0n) is 7.85. The van der Waals surface area contributed by atoms with E-state index in [1.807, 2.05) is 6.07 Å². The van der Waals surface area contributed by atoms with Crippen molar-refractivity contribution < 1.29 is 0 Å². The topological polar surface area (TPSA) is 38.0 Å². The van der Waals surface area contributed by atoms with Crippen molar-refractivity contribution in [1.82, 2.24) is 5.32 Å². The fourth-order valence-electron chi connectivity index (χ4n) is 1.75. The minimum atomic E-state index is 0. The Morgan fingerprint density at radius 3 is 2.71 bits per heavy atom. The van der Waals surface area contributed by atoms with Gasteiger partial charge in [-0.05, 0) is 43.1 Å². The lowest BCUT2D eigenvalue weighted by Crippen LogP contribution is -2.16. The van der Waals surface area contributed by atoms with E-state index in [2.05, 4.69) is 11.4 Å². The third-order valence-corrected chi connectivity index (χ3v) is 2.94. The van der Waals surface area contributed by atoms with Gasteiger partial charge < -0.3 is 11.1 Å². The number of rotatable bonds is 0. The van der Waals surface area contributed by atoms with Crippen molar-refractivity contribution in [2.24, 2.45) is 0 Å². The average Bonchev–Trinajstić information content (AvgIpc) is 2.36. The molecule has 14 heavy (non-hydrogen) atoms. The Balaban J connectivity index is 0.000000980. The predicted molar refractivity (Wildman–Crippen MR) is 63.4 cm³/mol. The second-order valence-electron chi connectivity index (χ2n) is 3.36. The predicted octanol–water partition coefficient (Wildman–Crippen LogP) is 2.03. The van der Waals surface area contributed by atoms with Crippen LogP contribution in [0.2, 0.25) is 5.02 Å². The van der Waals surface area contributed by atoms with Gasteiger partial charge in [-0.3, -0.25) is 0 Å². The number of nitrogens with one attached hydrogen (secondary N) is 1. The Labute approximate surface area is 95.2 Å². The van der Waals surface area contributed by atoms with E-state index in [-0.39, 0.29) is 12.4 Å². The third kappa shape index (κ3) is 2.14. The number of halogens is 2. The van der Waals surface area contributed by atoms with E-state index in [9.17, 15) is 0 Å². The standard InChI is InChI=1S/C10H13ClN2.ClH/c11-10-8-4-6-13-5-3-7(8)1-2-9(10)12;/h1-2,13H,3-6,12H2;1H. The van der Waals surface area contributed by atoms with Crippen molar-refractivity contribution >= 4 is 29.7 Å². The van der Waals surface area contributed by atoms with E-state index in [0.717, 1.165) is 31.0 Å². The zero-order chi connectivity index (χ0) is 9.26. The molecular formula is C10H14Cl2N2. The van der Waals surface area contributed by atoms with Gasteiger partial charge in [0.25, 0.3) is 0 Å². The number of hydrogen-bond acceptors (Lipinski definition) is 2. The number of fused-ring (bicyclic) bond motifs is 1. The van der Waals surface area contributed by atoms with Crippen molar-refractivity contribution in [2.75, 3.05) is 18.8 Å². The average molecular weight is 233 g/mol. The summed E-state index contributed by atoms with van der Waals surface area (Å²) in [6, 6.07) is 3.98. The van der Waals surface area contributed by atoms with E-state index < -0.39 is 0 Å². The molecule has 0 aromatic heterocycles.